The first-order chi connectivity index (χ1) is 11.1. The molecule has 126 valence electrons. The molecule has 0 unspecified atom stereocenters. The molecule has 24 heavy (non-hydrogen) atoms. The van der Waals surface area contributed by atoms with Gasteiger partial charge in [0.25, 0.3) is 5.92 Å². The number of ketones is 1. The van der Waals surface area contributed by atoms with Crippen LogP contribution in [0.3, 0.4) is 0 Å². The Balaban J connectivity index is 2.07. The van der Waals surface area contributed by atoms with Crippen molar-refractivity contribution < 1.29 is 26.7 Å². The lowest BCUT2D eigenvalue weighted by Crippen LogP contribution is -2.55. The van der Waals surface area contributed by atoms with Crippen molar-refractivity contribution in [3.63, 3.8) is 0 Å². The molecule has 1 fully saturated rings. The lowest BCUT2D eigenvalue weighted by atomic mass is 9.60. The van der Waals surface area contributed by atoms with E-state index in [1.807, 2.05) is 0 Å². The second-order valence-corrected chi connectivity index (χ2v) is 5.76. The number of hydrogen-bond acceptors (Lipinski definition) is 3. The van der Waals surface area contributed by atoms with Crippen LogP contribution in [0.2, 0.25) is 0 Å². The summed E-state index contributed by atoms with van der Waals surface area (Å²) in [6, 6.07) is 5.79. The average Bonchev–Trinajstić information content (AvgIpc) is 2.51. The van der Waals surface area contributed by atoms with Crippen molar-refractivity contribution in [3.05, 3.63) is 59.7 Å². The van der Waals surface area contributed by atoms with Crippen LogP contribution in [0.1, 0.15) is 34.6 Å². The molecule has 0 N–H and O–H groups in total. The number of nitrogens with zero attached hydrogens (tertiary/aromatic N) is 2. The average molecular weight is 342 g/mol. The van der Waals surface area contributed by atoms with Gasteiger partial charge in [-0.15, -0.1) is 0 Å². The fourth-order valence-corrected chi connectivity index (χ4v) is 2.90. The van der Waals surface area contributed by atoms with Crippen molar-refractivity contribution in [2.75, 3.05) is 0 Å². The Hall–Kier alpha value is -2.38. The van der Waals surface area contributed by atoms with Crippen LogP contribution in [0.15, 0.2) is 42.7 Å². The quantitative estimate of drug-likeness (QED) is 0.624. The second-order valence-electron chi connectivity index (χ2n) is 5.76. The lowest BCUT2D eigenvalue weighted by Gasteiger charge is -2.45. The second kappa shape index (κ2) is 5.32. The van der Waals surface area contributed by atoms with Gasteiger partial charge in [0.15, 0.2) is 5.78 Å². The van der Waals surface area contributed by atoms with Gasteiger partial charge in [0, 0.05) is 25.2 Å². The summed E-state index contributed by atoms with van der Waals surface area (Å²) in [5, 5.41) is 0. The van der Waals surface area contributed by atoms with Crippen molar-refractivity contribution in [1.29, 1.82) is 0 Å². The summed E-state index contributed by atoms with van der Waals surface area (Å²) >= 11 is 0. The van der Waals surface area contributed by atoms with Crippen LogP contribution in [0, 0.1) is 0 Å². The summed E-state index contributed by atoms with van der Waals surface area (Å²) in [6.45, 7) is 0. The molecule has 0 spiro atoms. The highest BCUT2D eigenvalue weighted by Crippen LogP contribution is 2.54. The summed E-state index contributed by atoms with van der Waals surface area (Å²) in [7, 11) is 0. The van der Waals surface area contributed by atoms with E-state index in [4.69, 9.17) is 0 Å². The van der Waals surface area contributed by atoms with E-state index < -0.39 is 41.7 Å². The Morgan fingerprint density at radius 1 is 1.04 bits per heavy atom. The highest BCUT2D eigenvalue weighted by Gasteiger charge is 2.62. The van der Waals surface area contributed by atoms with E-state index in [1.165, 1.54) is 18.3 Å². The number of aromatic nitrogens is 2. The molecule has 1 aliphatic rings. The molecule has 0 saturated heterocycles. The number of rotatable bonds is 3. The number of alkyl halides is 5. The minimum Gasteiger partial charge on any atom is -0.291 e. The predicted molar refractivity (Wildman–Crippen MR) is 73.7 cm³/mol. The first-order valence-electron chi connectivity index (χ1n) is 7.01. The third kappa shape index (κ3) is 2.76. The van der Waals surface area contributed by atoms with Crippen molar-refractivity contribution in [2.24, 2.45) is 0 Å². The standard InChI is InChI=1S/C16H11F5N2O/c17-15(18)8-14(9-15,13(24)11-3-1-2-5-22-11)12-7-10(4-6-23-12)16(19,20)21/h1-7H,8-9H2. The summed E-state index contributed by atoms with van der Waals surface area (Å²) in [5.74, 6) is -3.87. The highest BCUT2D eigenvalue weighted by molar-refractivity contribution is 6.03. The summed E-state index contributed by atoms with van der Waals surface area (Å²) in [6.07, 6.45) is -4.23. The van der Waals surface area contributed by atoms with Gasteiger partial charge in [-0.25, -0.2) is 8.78 Å². The number of carbonyl (C=O) groups is 1. The molecule has 1 aliphatic carbocycles. The van der Waals surface area contributed by atoms with Crippen LogP contribution in [-0.4, -0.2) is 21.7 Å². The van der Waals surface area contributed by atoms with E-state index >= 15 is 0 Å². The SMILES string of the molecule is O=C(c1ccccn1)C1(c2cc(C(F)(F)F)ccn2)CC(F)(F)C1. The maximum Gasteiger partial charge on any atom is 0.416 e. The predicted octanol–water partition coefficient (Wildman–Crippen LogP) is 4.05. The number of hydrogen-bond donors (Lipinski definition) is 0. The number of halogens is 5. The van der Waals surface area contributed by atoms with Gasteiger partial charge in [-0.3, -0.25) is 14.8 Å². The van der Waals surface area contributed by atoms with Gasteiger partial charge in [-0.05, 0) is 24.3 Å². The molecule has 0 atom stereocenters. The van der Waals surface area contributed by atoms with Crippen LogP contribution >= 0.6 is 0 Å². The third-order valence-corrected chi connectivity index (χ3v) is 4.03. The monoisotopic (exact) mass is 342 g/mol. The maximum atomic E-state index is 13.5. The van der Waals surface area contributed by atoms with Gasteiger partial charge in [-0.1, -0.05) is 6.07 Å². The Labute approximate surface area is 133 Å². The zero-order valence-electron chi connectivity index (χ0n) is 12.1. The number of pyridine rings is 2. The van der Waals surface area contributed by atoms with Gasteiger partial charge in [-0.2, -0.15) is 13.2 Å². The molecule has 2 aromatic rings. The molecule has 8 heteroatoms. The van der Waals surface area contributed by atoms with Gasteiger partial charge >= 0.3 is 6.18 Å². The van der Waals surface area contributed by atoms with Crippen LogP contribution in [0.4, 0.5) is 22.0 Å². The topological polar surface area (TPSA) is 42.9 Å². The summed E-state index contributed by atoms with van der Waals surface area (Å²) in [5.41, 5.74) is -3.21. The lowest BCUT2D eigenvalue weighted by molar-refractivity contribution is -0.138. The summed E-state index contributed by atoms with van der Waals surface area (Å²) in [4.78, 5) is 20.3. The van der Waals surface area contributed by atoms with E-state index in [0.717, 1.165) is 12.3 Å². The Kier molecular flexibility index (Phi) is 3.65. The molecule has 2 aromatic heterocycles. The molecule has 3 rings (SSSR count). The molecule has 0 radical (unpaired) electrons. The maximum absolute atomic E-state index is 13.5. The van der Waals surface area contributed by atoms with E-state index in [2.05, 4.69) is 9.97 Å². The zero-order chi connectivity index (χ0) is 17.6. The third-order valence-electron chi connectivity index (χ3n) is 4.03. The normalized spacial score (nSPS) is 18.7. The molecule has 0 bridgehead atoms. The molecule has 0 aliphatic heterocycles. The molecule has 0 amide bonds. The van der Waals surface area contributed by atoms with Gasteiger partial charge in [0.05, 0.1) is 16.7 Å². The van der Waals surface area contributed by atoms with Crippen LogP contribution < -0.4 is 0 Å². The smallest absolute Gasteiger partial charge is 0.291 e. The fraction of sp³-hybridized carbons (Fsp3) is 0.312. The van der Waals surface area contributed by atoms with E-state index in [0.29, 0.717) is 6.07 Å². The van der Waals surface area contributed by atoms with Crippen LogP contribution in [0.5, 0.6) is 0 Å². The summed E-state index contributed by atoms with van der Waals surface area (Å²) < 4.78 is 65.7. The van der Waals surface area contributed by atoms with Gasteiger partial charge < -0.3 is 0 Å². The zero-order valence-corrected chi connectivity index (χ0v) is 12.1. The van der Waals surface area contributed by atoms with Gasteiger partial charge in [0.2, 0.25) is 0 Å². The fourth-order valence-electron chi connectivity index (χ4n) is 2.90. The number of carbonyl (C=O) groups excluding carboxylic acids is 1. The molecule has 2 heterocycles. The highest BCUT2D eigenvalue weighted by atomic mass is 19.4. The van der Waals surface area contributed by atoms with Crippen molar-refractivity contribution >= 4 is 5.78 Å². The minimum atomic E-state index is -4.65. The van der Waals surface area contributed by atoms with E-state index in [1.54, 1.807) is 6.07 Å². The largest absolute Gasteiger partial charge is 0.416 e. The van der Waals surface area contributed by atoms with Crippen LogP contribution in [-0.2, 0) is 11.6 Å². The number of Topliss-reactive ketones (excluding diaryl/α,β-unsaturated/α-hetero) is 1. The van der Waals surface area contributed by atoms with Gasteiger partial charge in [0.1, 0.15) is 5.69 Å². The first-order valence-corrected chi connectivity index (χ1v) is 7.01. The van der Waals surface area contributed by atoms with E-state index in [9.17, 15) is 26.7 Å². The van der Waals surface area contributed by atoms with E-state index in [-0.39, 0.29) is 11.4 Å². The molecule has 3 nitrogen and oxygen atoms in total. The Morgan fingerprint density at radius 2 is 1.75 bits per heavy atom. The molecule has 1 saturated carbocycles. The van der Waals surface area contributed by atoms with Crippen molar-refractivity contribution in [3.8, 4) is 0 Å². The first kappa shape index (κ1) is 16.5. The van der Waals surface area contributed by atoms with Crippen molar-refractivity contribution in [2.45, 2.75) is 30.4 Å². The molecular formula is C16H11F5N2O. The minimum absolute atomic E-state index is 0.0767. The van der Waals surface area contributed by atoms with Crippen molar-refractivity contribution in [1.82, 2.24) is 9.97 Å². The molecular weight excluding hydrogens is 331 g/mol. The molecule has 0 aromatic carbocycles. The Morgan fingerprint density at radius 3 is 2.29 bits per heavy atom. The Bertz CT molecular complexity index is 766. The van der Waals surface area contributed by atoms with Crippen LogP contribution in [0.25, 0.3) is 0 Å².